The number of Topliss-reactive ketones (excluding diaryl/α,β-unsaturated/α-hetero) is 1. The van der Waals surface area contributed by atoms with Crippen molar-refractivity contribution < 1.29 is 27.8 Å². The standard InChI is InChI=1S/C14H14F2O4/c1-19-14(18)8-5-11(15)13(12(16)6-8)20-10-4-2-3-9(17)7-10/h5-6,10H,2-4,7H2,1H3. The summed E-state index contributed by atoms with van der Waals surface area (Å²) in [5.41, 5.74) is -0.227. The molecule has 1 unspecified atom stereocenters. The highest BCUT2D eigenvalue weighted by Crippen LogP contribution is 2.28. The summed E-state index contributed by atoms with van der Waals surface area (Å²) in [6.07, 6.45) is 1.32. The minimum absolute atomic E-state index is 0.0215. The number of rotatable bonds is 3. The van der Waals surface area contributed by atoms with Crippen LogP contribution in [0.4, 0.5) is 8.78 Å². The molecule has 0 N–H and O–H groups in total. The Kier molecular flexibility index (Phi) is 4.32. The molecule has 108 valence electrons. The Balaban J connectivity index is 2.19. The Morgan fingerprint density at radius 3 is 2.50 bits per heavy atom. The van der Waals surface area contributed by atoms with E-state index in [9.17, 15) is 18.4 Å². The third-order valence-electron chi connectivity index (χ3n) is 3.14. The molecule has 0 aromatic heterocycles. The molecule has 0 radical (unpaired) electrons. The third kappa shape index (κ3) is 3.12. The lowest BCUT2D eigenvalue weighted by Gasteiger charge is -2.22. The van der Waals surface area contributed by atoms with Crippen LogP contribution in [0.15, 0.2) is 12.1 Å². The number of ketones is 1. The molecule has 0 bridgehead atoms. The van der Waals surface area contributed by atoms with E-state index in [1.165, 1.54) is 0 Å². The normalized spacial score (nSPS) is 18.8. The fourth-order valence-electron chi connectivity index (χ4n) is 2.16. The summed E-state index contributed by atoms with van der Waals surface area (Å²) in [7, 11) is 1.12. The molecule has 4 nitrogen and oxygen atoms in total. The Morgan fingerprint density at radius 2 is 1.95 bits per heavy atom. The second-order valence-corrected chi connectivity index (χ2v) is 4.64. The molecule has 1 fully saturated rings. The van der Waals surface area contributed by atoms with E-state index in [-0.39, 0.29) is 17.8 Å². The van der Waals surface area contributed by atoms with Gasteiger partial charge >= 0.3 is 5.97 Å². The second-order valence-electron chi connectivity index (χ2n) is 4.64. The van der Waals surface area contributed by atoms with E-state index in [0.29, 0.717) is 19.3 Å². The van der Waals surface area contributed by atoms with Gasteiger partial charge < -0.3 is 9.47 Å². The predicted octanol–water partition coefficient (Wildman–Crippen LogP) is 2.64. The fraction of sp³-hybridized carbons (Fsp3) is 0.429. The number of halogens is 2. The SMILES string of the molecule is COC(=O)c1cc(F)c(OC2CCCC(=O)C2)c(F)c1. The van der Waals surface area contributed by atoms with E-state index in [2.05, 4.69) is 4.74 Å². The maximum Gasteiger partial charge on any atom is 0.338 e. The zero-order chi connectivity index (χ0) is 14.7. The summed E-state index contributed by atoms with van der Waals surface area (Å²) in [5.74, 6) is -3.33. The number of benzene rings is 1. The highest BCUT2D eigenvalue weighted by Gasteiger charge is 2.24. The lowest BCUT2D eigenvalue weighted by Crippen LogP contribution is -2.26. The van der Waals surface area contributed by atoms with E-state index < -0.39 is 29.5 Å². The first-order valence-electron chi connectivity index (χ1n) is 6.27. The molecule has 0 amide bonds. The molecule has 6 heteroatoms. The molecule has 0 heterocycles. The summed E-state index contributed by atoms with van der Waals surface area (Å²) in [5, 5.41) is 0. The molecule has 0 aliphatic heterocycles. The molecule has 2 rings (SSSR count). The summed E-state index contributed by atoms with van der Waals surface area (Å²) >= 11 is 0. The highest BCUT2D eigenvalue weighted by atomic mass is 19.1. The number of carbonyl (C=O) groups excluding carboxylic acids is 2. The largest absolute Gasteiger partial charge is 0.484 e. The minimum Gasteiger partial charge on any atom is -0.484 e. The van der Waals surface area contributed by atoms with Gasteiger partial charge in [0.25, 0.3) is 0 Å². The number of hydrogen-bond donors (Lipinski definition) is 0. The topological polar surface area (TPSA) is 52.6 Å². The van der Waals surface area contributed by atoms with E-state index in [0.717, 1.165) is 19.2 Å². The first-order chi connectivity index (χ1) is 9.51. The van der Waals surface area contributed by atoms with Crippen LogP contribution in [0.2, 0.25) is 0 Å². The van der Waals surface area contributed by atoms with Crippen molar-refractivity contribution in [3.05, 3.63) is 29.3 Å². The lowest BCUT2D eigenvalue weighted by atomic mass is 9.96. The van der Waals surface area contributed by atoms with Crippen LogP contribution in [-0.4, -0.2) is 25.0 Å². The number of esters is 1. The number of ether oxygens (including phenoxy) is 2. The predicted molar refractivity (Wildman–Crippen MR) is 65.6 cm³/mol. The highest BCUT2D eigenvalue weighted by molar-refractivity contribution is 5.89. The molecule has 1 aromatic rings. The first-order valence-corrected chi connectivity index (χ1v) is 6.27. The van der Waals surface area contributed by atoms with Gasteiger partial charge in [-0.15, -0.1) is 0 Å². The molecule has 1 aliphatic carbocycles. The maximum absolute atomic E-state index is 13.8. The van der Waals surface area contributed by atoms with Crippen molar-refractivity contribution in [2.45, 2.75) is 31.8 Å². The van der Waals surface area contributed by atoms with Gasteiger partial charge in [-0.05, 0) is 25.0 Å². The lowest BCUT2D eigenvalue weighted by molar-refractivity contribution is -0.122. The van der Waals surface area contributed by atoms with E-state index in [1.54, 1.807) is 0 Å². The summed E-state index contributed by atoms with van der Waals surface area (Å²) < 4.78 is 37.2. The Morgan fingerprint density at radius 1 is 1.30 bits per heavy atom. The molecule has 0 saturated heterocycles. The van der Waals surface area contributed by atoms with Crippen molar-refractivity contribution in [3.8, 4) is 5.75 Å². The summed E-state index contributed by atoms with van der Waals surface area (Å²) in [6, 6.07) is 1.71. The van der Waals surface area contributed by atoms with Crippen LogP contribution < -0.4 is 4.74 Å². The fourth-order valence-corrected chi connectivity index (χ4v) is 2.16. The molecular weight excluding hydrogens is 270 g/mol. The molecule has 1 aliphatic rings. The molecule has 20 heavy (non-hydrogen) atoms. The number of carbonyl (C=O) groups is 2. The minimum atomic E-state index is -0.983. The molecule has 1 saturated carbocycles. The van der Waals surface area contributed by atoms with Crippen LogP contribution in [0.25, 0.3) is 0 Å². The van der Waals surface area contributed by atoms with Gasteiger partial charge in [-0.25, -0.2) is 13.6 Å². The first kappa shape index (κ1) is 14.4. The Hall–Kier alpha value is -1.98. The molecule has 1 aromatic carbocycles. The Bertz CT molecular complexity index is 519. The van der Waals surface area contributed by atoms with Gasteiger partial charge in [-0.3, -0.25) is 4.79 Å². The van der Waals surface area contributed by atoms with Crippen LogP contribution >= 0.6 is 0 Å². The van der Waals surface area contributed by atoms with Crippen LogP contribution in [0, 0.1) is 11.6 Å². The van der Waals surface area contributed by atoms with Crippen molar-refractivity contribution in [2.75, 3.05) is 7.11 Å². The zero-order valence-electron chi connectivity index (χ0n) is 10.9. The van der Waals surface area contributed by atoms with Gasteiger partial charge in [0.1, 0.15) is 11.9 Å². The Labute approximate surface area is 114 Å². The van der Waals surface area contributed by atoms with Gasteiger partial charge in [0, 0.05) is 12.8 Å². The van der Waals surface area contributed by atoms with Crippen LogP contribution in [0.1, 0.15) is 36.0 Å². The van der Waals surface area contributed by atoms with Gasteiger partial charge in [0.15, 0.2) is 17.4 Å². The van der Waals surface area contributed by atoms with Crippen molar-refractivity contribution in [1.82, 2.24) is 0 Å². The zero-order valence-corrected chi connectivity index (χ0v) is 10.9. The molecular formula is C14H14F2O4. The third-order valence-corrected chi connectivity index (χ3v) is 3.14. The van der Waals surface area contributed by atoms with E-state index >= 15 is 0 Å². The van der Waals surface area contributed by atoms with Crippen molar-refractivity contribution >= 4 is 11.8 Å². The smallest absolute Gasteiger partial charge is 0.338 e. The van der Waals surface area contributed by atoms with Gasteiger partial charge in [0.2, 0.25) is 0 Å². The number of methoxy groups -OCH3 is 1. The average molecular weight is 284 g/mol. The molecule has 1 atom stereocenters. The summed E-state index contributed by atoms with van der Waals surface area (Å²) in [6.45, 7) is 0. The quantitative estimate of drug-likeness (QED) is 0.801. The number of hydrogen-bond acceptors (Lipinski definition) is 4. The summed E-state index contributed by atoms with van der Waals surface area (Å²) in [4.78, 5) is 22.5. The van der Waals surface area contributed by atoms with Gasteiger partial charge in [-0.2, -0.15) is 0 Å². The van der Waals surface area contributed by atoms with Crippen LogP contribution in [-0.2, 0) is 9.53 Å². The molecule has 0 spiro atoms. The van der Waals surface area contributed by atoms with Crippen molar-refractivity contribution in [2.24, 2.45) is 0 Å². The van der Waals surface area contributed by atoms with Crippen molar-refractivity contribution in [3.63, 3.8) is 0 Å². The van der Waals surface area contributed by atoms with E-state index in [4.69, 9.17) is 4.74 Å². The average Bonchev–Trinajstić information content (AvgIpc) is 2.42. The monoisotopic (exact) mass is 284 g/mol. The van der Waals surface area contributed by atoms with Crippen LogP contribution in [0.5, 0.6) is 5.75 Å². The van der Waals surface area contributed by atoms with Crippen molar-refractivity contribution in [1.29, 1.82) is 0 Å². The van der Waals surface area contributed by atoms with Gasteiger partial charge in [-0.1, -0.05) is 0 Å². The van der Waals surface area contributed by atoms with Gasteiger partial charge in [0.05, 0.1) is 12.7 Å². The second kappa shape index (κ2) is 5.98. The maximum atomic E-state index is 13.8. The van der Waals surface area contributed by atoms with Crippen LogP contribution in [0.3, 0.4) is 0 Å². The van der Waals surface area contributed by atoms with E-state index in [1.807, 2.05) is 0 Å².